The number of nitrogens with one attached hydrogen (secondary N) is 1. The Morgan fingerprint density at radius 2 is 2.15 bits per heavy atom. The Labute approximate surface area is 76.4 Å². The Morgan fingerprint density at radius 1 is 1.46 bits per heavy atom. The third kappa shape index (κ3) is 6.79. The van der Waals surface area contributed by atoms with E-state index in [1.807, 2.05) is 0 Å². The third-order valence-electron chi connectivity index (χ3n) is 1.41. The number of aldehydes is 1. The highest BCUT2D eigenvalue weighted by Gasteiger charge is 2.03. The molecule has 0 aromatic rings. The minimum absolute atomic E-state index is 0.0333. The minimum atomic E-state index is -0.438. The van der Waals surface area contributed by atoms with Crippen molar-refractivity contribution in [2.45, 2.75) is 18.9 Å². The normalized spacial score (nSPS) is 11.4. The third-order valence-corrected chi connectivity index (χ3v) is 1.41. The lowest BCUT2D eigenvalue weighted by Crippen LogP contribution is -2.29. The summed E-state index contributed by atoms with van der Waals surface area (Å²) >= 11 is 0. The first-order chi connectivity index (χ1) is 6.20. The molecular formula is C7H14N4O2. The van der Waals surface area contributed by atoms with Crippen molar-refractivity contribution in [3.8, 4) is 0 Å². The van der Waals surface area contributed by atoms with Gasteiger partial charge in [0.1, 0.15) is 6.29 Å². The van der Waals surface area contributed by atoms with Gasteiger partial charge in [-0.3, -0.25) is 9.79 Å². The second-order valence-corrected chi connectivity index (χ2v) is 2.48. The van der Waals surface area contributed by atoms with Crippen molar-refractivity contribution < 1.29 is 9.59 Å². The van der Waals surface area contributed by atoms with Gasteiger partial charge in [-0.1, -0.05) is 0 Å². The van der Waals surface area contributed by atoms with E-state index in [4.69, 9.17) is 11.5 Å². The predicted octanol–water partition coefficient (Wildman–Crippen LogP) is -1.65. The summed E-state index contributed by atoms with van der Waals surface area (Å²) in [7, 11) is 0. The molecule has 0 aliphatic rings. The molecule has 6 heteroatoms. The van der Waals surface area contributed by atoms with Gasteiger partial charge in [0.2, 0.25) is 6.41 Å². The molecule has 0 rings (SSSR count). The summed E-state index contributed by atoms with van der Waals surface area (Å²) in [4.78, 5) is 24.0. The minimum Gasteiger partial charge on any atom is -0.370 e. The largest absolute Gasteiger partial charge is 0.370 e. The number of guanidine groups is 1. The zero-order valence-electron chi connectivity index (χ0n) is 7.27. The first kappa shape index (κ1) is 11.4. The van der Waals surface area contributed by atoms with Gasteiger partial charge in [0.25, 0.3) is 0 Å². The van der Waals surface area contributed by atoms with Crippen LogP contribution in [-0.2, 0) is 9.59 Å². The molecule has 0 aromatic heterocycles. The molecule has 0 aliphatic carbocycles. The van der Waals surface area contributed by atoms with Crippen LogP contribution in [0.2, 0.25) is 0 Å². The molecule has 0 aliphatic heterocycles. The van der Waals surface area contributed by atoms with Crippen molar-refractivity contribution in [3.05, 3.63) is 0 Å². The van der Waals surface area contributed by atoms with Gasteiger partial charge in [0.05, 0.1) is 6.04 Å². The van der Waals surface area contributed by atoms with Crippen LogP contribution >= 0.6 is 0 Å². The monoisotopic (exact) mass is 186 g/mol. The molecule has 0 saturated carbocycles. The number of hydrogen-bond donors (Lipinski definition) is 3. The van der Waals surface area contributed by atoms with E-state index in [0.29, 0.717) is 32.1 Å². The first-order valence-electron chi connectivity index (χ1n) is 3.91. The van der Waals surface area contributed by atoms with Crippen molar-refractivity contribution in [1.29, 1.82) is 0 Å². The van der Waals surface area contributed by atoms with E-state index in [9.17, 15) is 9.59 Å². The Kier molecular flexibility index (Phi) is 6.21. The molecular weight excluding hydrogens is 172 g/mol. The number of rotatable bonds is 7. The number of carbonyl (C=O) groups is 2. The quantitative estimate of drug-likeness (QED) is 0.191. The molecule has 1 unspecified atom stereocenters. The number of amides is 1. The fourth-order valence-electron chi connectivity index (χ4n) is 0.797. The summed E-state index contributed by atoms with van der Waals surface area (Å²) in [5.74, 6) is 0.0333. The first-order valence-corrected chi connectivity index (χ1v) is 3.91. The van der Waals surface area contributed by atoms with Gasteiger partial charge in [-0.25, -0.2) is 0 Å². The number of carbonyl (C=O) groups excluding carboxylic acids is 2. The molecule has 6 nitrogen and oxygen atoms in total. The maximum Gasteiger partial charge on any atom is 0.207 e. The van der Waals surface area contributed by atoms with Gasteiger partial charge in [-0.15, -0.1) is 0 Å². The average molecular weight is 186 g/mol. The number of nitrogens with two attached hydrogens (primary N) is 2. The van der Waals surface area contributed by atoms with E-state index in [2.05, 4.69) is 10.3 Å². The van der Waals surface area contributed by atoms with Crippen molar-refractivity contribution >= 4 is 18.7 Å². The lowest BCUT2D eigenvalue weighted by molar-refractivity contribution is -0.115. The van der Waals surface area contributed by atoms with E-state index >= 15 is 0 Å². The molecule has 74 valence electrons. The molecule has 13 heavy (non-hydrogen) atoms. The van der Waals surface area contributed by atoms with Crippen LogP contribution in [0.25, 0.3) is 0 Å². The van der Waals surface area contributed by atoms with Crippen LogP contribution in [0.3, 0.4) is 0 Å². The molecule has 0 spiro atoms. The number of aliphatic imine (C=N–C) groups is 1. The van der Waals surface area contributed by atoms with Gasteiger partial charge >= 0.3 is 0 Å². The lowest BCUT2D eigenvalue weighted by Gasteiger charge is -2.06. The van der Waals surface area contributed by atoms with Gasteiger partial charge in [-0.05, 0) is 12.8 Å². The Balaban J connectivity index is 3.54. The highest BCUT2D eigenvalue weighted by Crippen LogP contribution is 1.93. The summed E-state index contributed by atoms with van der Waals surface area (Å²) in [5, 5.41) is 2.36. The molecule has 0 fully saturated rings. The highest BCUT2D eigenvalue weighted by molar-refractivity contribution is 5.75. The molecule has 1 amide bonds. The van der Waals surface area contributed by atoms with Crippen molar-refractivity contribution in [3.63, 3.8) is 0 Å². The summed E-state index contributed by atoms with van der Waals surface area (Å²) in [5.41, 5.74) is 10.2. The zero-order valence-corrected chi connectivity index (χ0v) is 7.27. The van der Waals surface area contributed by atoms with Gasteiger partial charge in [-0.2, -0.15) is 0 Å². The van der Waals surface area contributed by atoms with Crippen LogP contribution in [0.4, 0.5) is 0 Å². The fraction of sp³-hybridized carbons (Fsp3) is 0.571. The summed E-state index contributed by atoms with van der Waals surface area (Å²) < 4.78 is 0. The Bertz CT molecular complexity index is 189. The smallest absolute Gasteiger partial charge is 0.207 e. The van der Waals surface area contributed by atoms with Crippen molar-refractivity contribution in [1.82, 2.24) is 5.32 Å². The van der Waals surface area contributed by atoms with Gasteiger partial charge in [0, 0.05) is 6.54 Å². The number of nitrogens with zero attached hydrogens (tertiary/aromatic N) is 1. The van der Waals surface area contributed by atoms with Crippen LogP contribution in [0, 0.1) is 0 Å². The summed E-state index contributed by atoms with van der Waals surface area (Å²) in [6.07, 6.45) is 2.38. The zero-order chi connectivity index (χ0) is 10.1. The molecule has 1 atom stereocenters. The van der Waals surface area contributed by atoms with E-state index < -0.39 is 6.04 Å². The maximum absolute atomic E-state index is 10.3. The summed E-state index contributed by atoms with van der Waals surface area (Å²) in [6, 6.07) is -0.438. The average Bonchev–Trinajstić information content (AvgIpc) is 2.10. The molecule has 0 radical (unpaired) electrons. The highest BCUT2D eigenvalue weighted by atomic mass is 16.1. The van der Waals surface area contributed by atoms with Crippen LogP contribution in [0.1, 0.15) is 12.8 Å². The molecule has 0 heterocycles. The SMILES string of the molecule is NC(N)=NCCCC(C=O)NC=O. The Morgan fingerprint density at radius 3 is 2.62 bits per heavy atom. The molecule has 5 N–H and O–H groups in total. The van der Waals surface area contributed by atoms with E-state index in [-0.39, 0.29) is 5.96 Å². The van der Waals surface area contributed by atoms with Crippen LogP contribution in [0.5, 0.6) is 0 Å². The lowest BCUT2D eigenvalue weighted by atomic mass is 10.2. The second kappa shape index (κ2) is 7.08. The Hall–Kier alpha value is -1.59. The van der Waals surface area contributed by atoms with Crippen molar-refractivity contribution in [2.24, 2.45) is 16.5 Å². The number of hydrogen-bond acceptors (Lipinski definition) is 3. The van der Waals surface area contributed by atoms with Crippen LogP contribution in [-0.4, -0.2) is 31.2 Å². The van der Waals surface area contributed by atoms with E-state index in [0.717, 1.165) is 0 Å². The van der Waals surface area contributed by atoms with Crippen LogP contribution in [0.15, 0.2) is 4.99 Å². The second-order valence-electron chi connectivity index (χ2n) is 2.48. The van der Waals surface area contributed by atoms with E-state index in [1.165, 1.54) is 0 Å². The molecule has 0 bridgehead atoms. The molecule has 0 saturated heterocycles. The van der Waals surface area contributed by atoms with Gasteiger partial charge < -0.3 is 21.6 Å². The van der Waals surface area contributed by atoms with Gasteiger partial charge in [0.15, 0.2) is 5.96 Å². The standard InChI is InChI=1S/C7H14N4O2/c8-7(9)10-3-1-2-6(4-12)11-5-13/h4-6H,1-3H2,(H,11,13)(H4,8,9,10). The topological polar surface area (TPSA) is 111 Å². The van der Waals surface area contributed by atoms with E-state index in [1.54, 1.807) is 0 Å². The van der Waals surface area contributed by atoms with Crippen LogP contribution < -0.4 is 16.8 Å². The summed E-state index contributed by atoms with van der Waals surface area (Å²) in [6.45, 7) is 0.465. The molecule has 0 aromatic carbocycles. The fourth-order valence-corrected chi connectivity index (χ4v) is 0.797. The maximum atomic E-state index is 10.3. The van der Waals surface area contributed by atoms with Crippen molar-refractivity contribution in [2.75, 3.05) is 6.54 Å². The predicted molar refractivity (Wildman–Crippen MR) is 49.0 cm³/mol.